The second kappa shape index (κ2) is 5.47. The molecule has 23 heavy (non-hydrogen) atoms. The zero-order chi connectivity index (χ0) is 16.0. The molecule has 1 amide bonds. The average Bonchev–Trinajstić information content (AvgIpc) is 3.05. The van der Waals surface area contributed by atoms with Gasteiger partial charge in [-0.15, -0.1) is 11.3 Å². The van der Waals surface area contributed by atoms with Crippen LogP contribution in [0.3, 0.4) is 0 Å². The van der Waals surface area contributed by atoms with Gasteiger partial charge in [-0.25, -0.2) is 0 Å². The van der Waals surface area contributed by atoms with Crippen LogP contribution in [0.4, 0.5) is 0 Å². The molecule has 3 aromatic rings. The van der Waals surface area contributed by atoms with E-state index in [9.17, 15) is 9.59 Å². The highest BCUT2D eigenvalue weighted by molar-refractivity contribution is 7.18. The van der Waals surface area contributed by atoms with E-state index in [4.69, 9.17) is 5.73 Å². The topological polar surface area (TPSA) is 79.2 Å². The van der Waals surface area contributed by atoms with Crippen molar-refractivity contribution in [2.45, 2.75) is 18.9 Å². The van der Waals surface area contributed by atoms with E-state index in [1.807, 2.05) is 28.5 Å². The number of thiophene rings is 1. The molecule has 0 unspecified atom stereocenters. The summed E-state index contributed by atoms with van der Waals surface area (Å²) in [6.45, 7) is 1.39. The molecular formula is C17H17N3O2S. The van der Waals surface area contributed by atoms with Crippen LogP contribution in [0.2, 0.25) is 0 Å². The van der Waals surface area contributed by atoms with E-state index in [2.05, 4.69) is 4.98 Å². The van der Waals surface area contributed by atoms with Gasteiger partial charge in [-0.2, -0.15) is 0 Å². The maximum atomic E-state index is 12.6. The first kappa shape index (κ1) is 14.4. The van der Waals surface area contributed by atoms with Crippen LogP contribution in [0.5, 0.6) is 0 Å². The maximum absolute atomic E-state index is 12.6. The van der Waals surface area contributed by atoms with E-state index in [0.717, 1.165) is 22.9 Å². The Morgan fingerprint density at radius 2 is 2.00 bits per heavy atom. The normalized spacial score (nSPS) is 16.3. The smallest absolute Gasteiger partial charge is 0.257 e. The molecule has 3 N–H and O–H groups in total. The van der Waals surface area contributed by atoms with E-state index >= 15 is 0 Å². The minimum absolute atomic E-state index is 0.00549. The summed E-state index contributed by atoms with van der Waals surface area (Å²) in [5.74, 6) is 0.00549. The van der Waals surface area contributed by atoms with Gasteiger partial charge in [0.1, 0.15) is 0 Å². The van der Waals surface area contributed by atoms with Crippen LogP contribution in [-0.4, -0.2) is 34.9 Å². The molecule has 4 rings (SSSR count). The molecule has 1 aliphatic heterocycles. The number of likely N-dealkylation sites (tertiary alicyclic amines) is 1. The number of benzene rings is 1. The molecule has 0 bridgehead atoms. The van der Waals surface area contributed by atoms with Gasteiger partial charge in [0.2, 0.25) is 0 Å². The van der Waals surface area contributed by atoms with E-state index in [0.29, 0.717) is 29.6 Å². The summed E-state index contributed by atoms with van der Waals surface area (Å²) in [5, 5.41) is 3.59. The molecule has 0 spiro atoms. The van der Waals surface area contributed by atoms with Crippen molar-refractivity contribution in [3.05, 3.63) is 45.6 Å². The third-order valence-electron chi connectivity index (χ3n) is 4.50. The summed E-state index contributed by atoms with van der Waals surface area (Å²) in [6, 6.07) is 7.57. The fourth-order valence-corrected chi connectivity index (χ4v) is 4.08. The Kier molecular flexibility index (Phi) is 3.43. The first-order chi connectivity index (χ1) is 11.1. The van der Waals surface area contributed by atoms with Crippen molar-refractivity contribution in [2.24, 2.45) is 5.73 Å². The summed E-state index contributed by atoms with van der Waals surface area (Å²) >= 11 is 1.54. The second-order valence-corrected chi connectivity index (χ2v) is 6.92. The number of aromatic amines is 1. The molecule has 0 atom stereocenters. The minimum Gasteiger partial charge on any atom is -0.339 e. The molecule has 118 valence electrons. The fourth-order valence-electron chi connectivity index (χ4n) is 3.15. The average molecular weight is 327 g/mol. The van der Waals surface area contributed by atoms with Crippen molar-refractivity contribution in [3.8, 4) is 0 Å². The number of piperidine rings is 1. The molecule has 0 aliphatic carbocycles. The molecular weight excluding hydrogens is 310 g/mol. The molecule has 1 fully saturated rings. The number of carbonyl (C=O) groups is 1. The molecule has 2 aromatic heterocycles. The highest BCUT2D eigenvalue weighted by Crippen LogP contribution is 2.27. The van der Waals surface area contributed by atoms with Crippen molar-refractivity contribution < 1.29 is 4.79 Å². The van der Waals surface area contributed by atoms with Crippen LogP contribution in [-0.2, 0) is 0 Å². The first-order valence-electron chi connectivity index (χ1n) is 7.71. The highest BCUT2D eigenvalue weighted by Gasteiger charge is 2.22. The summed E-state index contributed by atoms with van der Waals surface area (Å²) in [4.78, 5) is 29.5. The Bertz CT molecular complexity index is 951. The van der Waals surface area contributed by atoms with Crippen LogP contribution in [0.25, 0.3) is 21.0 Å². The van der Waals surface area contributed by atoms with Crippen molar-refractivity contribution in [1.82, 2.24) is 9.88 Å². The summed E-state index contributed by atoms with van der Waals surface area (Å²) in [7, 11) is 0. The van der Waals surface area contributed by atoms with Gasteiger partial charge in [0.15, 0.2) is 0 Å². The summed E-state index contributed by atoms with van der Waals surface area (Å²) < 4.78 is 0.965. The molecule has 1 saturated heterocycles. The lowest BCUT2D eigenvalue weighted by atomic mass is 10.0. The largest absolute Gasteiger partial charge is 0.339 e. The third kappa shape index (κ3) is 2.44. The summed E-state index contributed by atoms with van der Waals surface area (Å²) in [6.07, 6.45) is 1.68. The Labute approximate surface area is 136 Å². The first-order valence-corrected chi connectivity index (χ1v) is 8.59. The lowest BCUT2D eigenvalue weighted by Gasteiger charge is -2.30. The Morgan fingerprint density at radius 1 is 1.22 bits per heavy atom. The van der Waals surface area contributed by atoms with Crippen molar-refractivity contribution in [1.29, 1.82) is 0 Å². The highest BCUT2D eigenvalue weighted by atomic mass is 32.1. The number of rotatable bonds is 1. The molecule has 3 heterocycles. The molecule has 6 heteroatoms. The van der Waals surface area contributed by atoms with Crippen LogP contribution >= 0.6 is 11.3 Å². The van der Waals surface area contributed by atoms with Crippen molar-refractivity contribution in [3.63, 3.8) is 0 Å². The SMILES string of the molecule is NC1CCN(C(=O)c2ccc3c(c2)[nH]c(=O)c2ccsc23)CC1. The lowest BCUT2D eigenvalue weighted by Crippen LogP contribution is -2.42. The monoisotopic (exact) mass is 327 g/mol. The number of nitrogens with one attached hydrogen (secondary N) is 1. The van der Waals surface area contributed by atoms with Crippen LogP contribution in [0, 0.1) is 0 Å². The number of nitrogens with zero attached hydrogens (tertiary/aromatic N) is 1. The molecule has 0 radical (unpaired) electrons. The minimum atomic E-state index is -0.109. The lowest BCUT2D eigenvalue weighted by molar-refractivity contribution is 0.0715. The molecule has 1 aromatic carbocycles. The van der Waals surface area contributed by atoms with Gasteiger partial charge < -0.3 is 15.6 Å². The van der Waals surface area contributed by atoms with Crippen LogP contribution in [0.15, 0.2) is 34.4 Å². The van der Waals surface area contributed by atoms with Crippen LogP contribution < -0.4 is 11.3 Å². The number of carbonyl (C=O) groups excluding carboxylic acids is 1. The van der Waals surface area contributed by atoms with Gasteiger partial charge in [-0.05, 0) is 36.4 Å². The number of pyridine rings is 1. The Morgan fingerprint density at radius 3 is 2.78 bits per heavy atom. The van der Waals surface area contributed by atoms with Crippen molar-refractivity contribution in [2.75, 3.05) is 13.1 Å². The number of hydrogen-bond acceptors (Lipinski definition) is 4. The Hall–Kier alpha value is -2.18. The number of nitrogens with two attached hydrogens (primary N) is 1. The second-order valence-electron chi connectivity index (χ2n) is 6.01. The van der Waals surface area contributed by atoms with E-state index in [1.54, 1.807) is 17.4 Å². The summed E-state index contributed by atoms with van der Waals surface area (Å²) in [5.41, 5.74) is 7.11. The van der Waals surface area contributed by atoms with E-state index in [1.165, 1.54) is 0 Å². The van der Waals surface area contributed by atoms with Gasteiger partial charge >= 0.3 is 0 Å². The quantitative estimate of drug-likeness (QED) is 0.720. The predicted octanol–water partition coefficient (Wildman–Crippen LogP) is 2.31. The third-order valence-corrected chi connectivity index (χ3v) is 5.44. The van der Waals surface area contributed by atoms with Gasteiger partial charge in [0.25, 0.3) is 11.5 Å². The van der Waals surface area contributed by atoms with Gasteiger partial charge in [-0.3, -0.25) is 9.59 Å². The maximum Gasteiger partial charge on any atom is 0.257 e. The Balaban J connectivity index is 1.75. The van der Waals surface area contributed by atoms with Gasteiger partial charge in [-0.1, -0.05) is 6.07 Å². The molecule has 1 aliphatic rings. The van der Waals surface area contributed by atoms with Gasteiger partial charge in [0.05, 0.1) is 10.9 Å². The molecule has 5 nitrogen and oxygen atoms in total. The van der Waals surface area contributed by atoms with Crippen LogP contribution in [0.1, 0.15) is 23.2 Å². The number of amides is 1. The van der Waals surface area contributed by atoms with E-state index in [-0.39, 0.29) is 17.5 Å². The number of H-pyrrole nitrogens is 1. The van der Waals surface area contributed by atoms with Gasteiger partial charge in [0, 0.05) is 34.8 Å². The number of aromatic nitrogens is 1. The van der Waals surface area contributed by atoms with Crippen molar-refractivity contribution >= 4 is 38.2 Å². The zero-order valence-electron chi connectivity index (χ0n) is 12.5. The number of fused-ring (bicyclic) bond motifs is 3. The number of hydrogen-bond donors (Lipinski definition) is 2. The fraction of sp³-hybridized carbons (Fsp3) is 0.294. The standard InChI is InChI=1S/C17H17N3O2S/c18-11-3-6-20(7-4-11)17(22)10-1-2-12-14(9-10)19-16(21)13-5-8-23-15(12)13/h1-2,5,8-9,11H,3-4,6-7,18H2,(H,19,21). The zero-order valence-corrected chi connectivity index (χ0v) is 13.4. The predicted molar refractivity (Wildman–Crippen MR) is 93.1 cm³/mol. The molecule has 0 saturated carbocycles. The van der Waals surface area contributed by atoms with E-state index < -0.39 is 0 Å².